The Labute approximate surface area is 94.1 Å². The number of nitrogens with zero attached hydrogens (tertiary/aromatic N) is 1. The van der Waals surface area contributed by atoms with E-state index in [4.69, 9.17) is 14.7 Å². The first kappa shape index (κ1) is 12.7. The number of carbonyl (C=O) groups is 1. The van der Waals surface area contributed by atoms with Crippen LogP contribution in [0.25, 0.3) is 0 Å². The summed E-state index contributed by atoms with van der Waals surface area (Å²) < 4.78 is 5.03. The van der Waals surface area contributed by atoms with E-state index in [0.29, 0.717) is 24.3 Å². The van der Waals surface area contributed by atoms with E-state index in [0.717, 1.165) is 0 Å². The molecule has 2 N–H and O–H groups in total. The van der Waals surface area contributed by atoms with Gasteiger partial charge in [-0.25, -0.2) is 0 Å². The first-order chi connectivity index (χ1) is 7.56. The van der Waals surface area contributed by atoms with Gasteiger partial charge in [0.05, 0.1) is 5.69 Å². The minimum absolute atomic E-state index is 0.0452. The molecule has 0 aliphatic heterocycles. The Morgan fingerprint density at radius 1 is 1.56 bits per heavy atom. The van der Waals surface area contributed by atoms with Crippen LogP contribution in [-0.2, 0) is 11.2 Å². The second kappa shape index (κ2) is 5.65. The molecule has 16 heavy (non-hydrogen) atoms. The molecule has 1 heterocycles. The second-order valence-corrected chi connectivity index (χ2v) is 4.11. The lowest BCUT2D eigenvalue weighted by Gasteiger charge is -2.11. The van der Waals surface area contributed by atoms with Gasteiger partial charge in [0.2, 0.25) is 0 Å². The average molecular weight is 227 g/mol. The van der Waals surface area contributed by atoms with Crippen molar-refractivity contribution in [1.29, 1.82) is 0 Å². The SMILES string of the molecule is CC(C)C(C(=O)O)c1cc(CCCO)no1. The fourth-order valence-corrected chi connectivity index (χ4v) is 1.59. The zero-order valence-electron chi connectivity index (χ0n) is 9.51. The van der Waals surface area contributed by atoms with Gasteiger partial charge >= 0.3 is 5.97 Å². The van der Waals surface area contributed by atoms with Crippen LogP contribution in [0.1, 0.15) is 37.6 Å². The van der Waals surface area contributed by atoms with Gasteiger partial charge in [-0.2, -0.15) is 0 Å². The van der Waals surface area contributed by atoms with Crippen LogP contribution in [0.2, 0.25) is 0 Å². The van der Waals surface area contributed by atoms with Gasteiger partial charge in [-0.1, -0.05) is 19.0 Å². The van der Waals surface area contributed by atoms with Crippen molar-refractivity contribution in [3.05, 3.63) is 17.5 Å². The predicted octanol–water partition coefficient (Wildman–Crippen LogP) is 1.42. The van der Waals surface area contributed by atoms with Crippen LogP contribution >= 0.6 is 0 Å². The van der Waals surface area contributed by atoms with Gasteiger partial charge in [-0.05, 0) is 18.8 Å². The molecule has 0 aromatic carbocycles. The van der Waals surface area contributed by atoms with E-state index in [1.54, 1.807) is 6.07 Å². The van der Waals surface area contributed by atoms with Crippen molar-refractivity contribution in [1.82, 2.24) is 5.16 Å². The maximum atomic E-state index is 11.0. The summed E-state index contributed by atoms with van der Waals surface area (Å²) >= 11 is 0. The van der Waals surface area contributed by atoms with Gasteiger partial charge in [-0.15, -0.1) is 0 Å². The number of carboxylic acid groups (broad SMARTS) is 1. The number of aliphatic hydroxyl groups is 1. The molecule has 1 aromatic heterocycles. The lowest BCUT2D eigenvalue weighted by Crippen LogP contribution is -2.16. The average Bonchev–Trinajstić information content (AvgIpc) is 2.62. The fourth-order valence-electron chi connectivity index (χ4n) is 1.59. The first-order valence-corrected chi connectivity index (χ1v) is 5.35. The molecule has 0 aliphatic rings. The van der Waals surface area contributed by atoms with E-state index in [1.165, 1.54) is 0 Å². The minimum atomic E-state index is -0.903. The topological polar surface area (TPSA) is 83.6 Å². The molecule has 1 unspecified atom stereocenters. The zero-order chi connectivity index (χ0) is 12.1. The summed E-state index contributed by atoms with van der Waals surface area (Å²) in [6.07, 6.45) is 1.20. The van der Waals surface area contributed by atoms with Crippen LogP contribution in [0.3, 0.4) is 0 Å². The third kappa shape index (κ3) is 3.06. The van der Waals surface area contributed by atoms with E-state index < -0.39 is 11.9 Å². The van der Waals surface area contributed by atoms with E-state index >= 15 is 0 Å². The number of rotatable bonds is 6. The van der Waals surface area contributed by atoms with Crippen LogP contribution in [0.4, 0.5) is 0 Å². The number of hydrogen-bond acceptors (Lipinski definition) is 4. The molecule has 0 bridgehead atoms. The summed E-state index contributed by atoms with van der Waals surface area (Å²) in [5.74, 6) is -1.22. The number of carboxylic acids is 1. The third-order valence-electron chi connectivity index (χ3n) is 2.41. The Morgan fingerprint density at radius 2 is 2.25 bits per heavy atom. The quantitative estimate of drug-likeness (QED) is 0.768. The largest absolute Gasteiger partial charge is 0.481 e. The highest BCUT2D eigenvalue weighted by Crippen LogP contribution is 2.25. The van der Waals surface area contributed by atoms with Gasteiger partial charge in [0.25, 0.3) is 0 Å². The maximum Gasteiger partial charge on any atom is 0.314 e. The summed E-state index contributed by atoms with van der Waals surface area (Å²) in [4.78, 5) is 11.0. The van der Waals surface area contributed by atoms with Gasteiger partial charge in [0, 0.05) is 12.7 Å². The summed E-state index contributed by atoms with van der Waals surface area (Å²) in [5.41, 5.74) is 0.691. The standard InChI is InChI=1S/C11H17NO4/c1-7(2)10(11(14)15)9-6-8(12-16-9)4-3-5-13/h6-7,10,13H,3-5H2,1-2H3,(H,14,15). The number of hydrogen-bond donors (Lipinski definition) is 2. The van der Waals surface area contributed by atoms with Crippen molar-refractivity contribution < 1.29 is 19.5 Å². The van der Waals surface area contributed by atoms with Crippen LogP contribution in [0, 0.1) is 5.92 Å². The van der Waals surface area contributed by atoms with Gasteiger partial charge in [0.15, 0.2) is 5.76 Å². The van der Waals surface area contributed by atoms with Crippen LogP contribution in [-0.4, -0.2) is 27.9 Å². The molecule has 0 spiro atoms. The first-order valence-electron chi connectivity index (χ1n) is 5.35. The normalized spacial score (nSPS) is 13.0. The maximum absolute atomic E-state index is 11.0. The van der Waals surface area contributed by atoms with Gasteiger partial charge in [-0.3, -0.25) is 4.79 Å². The number of aliphatic carboxylic acids is 1. The molecule has 0 saturated carbocycles. The summed E-state index contributed by atoms with van der Waals surface area (Å²) in [6.45, 7) is 3.75. The van der Waals surface area contributed by atoms with Crippen LogP contribution < -0.4 is 0 Å². The van der Waals surface area contributed by atoms with E-state index in [9.17, 15) is 4.79 Å². The zero-order valence-corrected chi connectivity index (χ0v) is 9.51. The van der Waals surface area contributed by atoms with Crippen LogP contribution in [0.15, 0.2) is 10.6 Å². The third-order valence-corrected chi connectivity index (χ3v) is 2.41. The van der Waals surface area contributed by atoms with Crippen molar-refractivity contribution in [2.75, 3.05) is 6.61 Å². The smallest absolute Gasteiger partial charge is 0.314 e. The fraction of sp³-hybridized carbons (Fsp3) is 0.636. The molecule has 90 valence electrons. The van der Waals surface area contributed by atoms with Crippen molar-refractivity contribution >= 4 is 5.97 Å². The van der Waals surface area contributed by atoms with E-state index in [-0.39, 0.29) is 12.5 Å². The Morgan fingerprint density at radius 3 is 2.75 bits per heavy atom. The molecule has 0 amide bonds. The molecule has 0 saturated heterocycles. The molecular formula is C11H17NO4. The van der Waals surface area contributed by atoms with Crippen molar-refractivity contribution in [2.24, 2.45) is 5.92 Å². The van der Waals surface area contributed by atoms with Crippen molar-refractivity contribution in [2.45, 2.75) is 32.6 Å². The molecule has 0 radical (unpaired) electrons. The molecule has 5 heteroatoms. The molecule has 0 fully saturated rings. The molecule has 1 atom stereocenters. The number of aromatic nitrogens is 1. The molecule has 5 nitrogen and oxygen atoms in total. The predicted molar refractivity (Wildman–Crippen MR) is 57.1 cm³/mol. The van der Waals surface area contributed by atoms with Crippen molar-refractivity contribution in [3.63, 3.8) is 0 Å². The lowest BCUT2D eigenvalue weighted by atomic mass is 9.93. The second-order valence-electron chi connectivity index (χ2n) is 4.11. The molecule has 1 aromatic rings. The summed E-state index contributed by atoms with van der Waals surface area (Å²) in [6, 6.07) is 1.66. The molecule has 1 rings (SSSR count). The van der Waals surface area contributed by atoms with Crippen LogP contribution in [0.5, 0.6) is 0 Å². The lowest BCUT2D eigenvalue weighted by molar-refractivity contribution is -0.140. The highest BCUT2D eigenvalue weighted by atomic mass is 16.5. The highest BCUT2D eigenvalue weighted by Gasteiger charge is 2.27. The Bertz CT molecular complexity index is 346. The Hall–Kier alpha value is -1.36. The van der Waals surface area contributed by atoms with Gasteiger partial charge in [0.1, 0.15) is 5.92 Å². The van der Waals surface area contributed by atoms with Gasteiger partial charge < -0.3 is 14.7 Å². The monoisotopic (exact) mass is 227 g/mol. The molecular weight excluding hydrogens is 210 g/mol. The Kier molecular flexibility index (Phi) is 4.49. The van der Waals surface area contributed by atoms with E-state index in [2.05, 4.69) is 5.16 Å². The Balaban J connectivity index is 2.78. The molecule has 0 aliphatic carbocycles. The minimum Gasteiger partial charge on any atom is -0.481 e. The van der Waals surface area contributed by atoms with E-state index in [1.807, 2.05) is 13.8 Å². The summed E-state index contributed by atoms with van der Waals surface area (Å²) in [5, 5.41) is 21.5. The number of aliphatic hydroxyl groups excluding tert-OH is 1. The summed E-state index contributed by atoms with van der Waals surface area (Å²) in [7, 11) is 0. The number of aryl methyl sites for hydroxylation is 1. The highest BCUT2D eigenvalue weighted by molar-refractivity contribution is 5.75. The van der Waals surface area contributed by atoms with Crippen molar-refractivity contribution in [3.8, 4) is 0 Å².